The van der Waals surface area contributed by atoms with Crippen molar-refractivity contribution in [3.8, 4) is 0 Å². The van der Waals surface area contributed by atoms with E-state index in [1.54, 1.807) is 0 Å². The van der Waals surface area contributed by atoms with Crippen molar-refractivity contribution in [3.05, 3.63) is 0 Å². The molecule has 3 saturated heterocycles. The van der Waals surface area contributed by atoms with Gasteiger partial charge in [0.1, 0.15) is 6.10 Å². The van der Waals surface area contributed by atoms with Crippen molar-refractivity contribution in [3.63, 3.8) is 0 Å². The molecular weight excluding hydrogens is 362 g/mol. The molecule has 3 heterocycles. The van der Waals surface area contributed by atoms with Crippen LogP contribution < -0.4 is 0 Å². The number of ether oxygens (including phenoxy) is 2. The normalized spacial score (nSPS) is 55.4. The molecule has 0 aromatic heterocycles. The summed E-state index contributed by atoms with van der Waals surface area (Å²) in [4.78, 5) is 15.7. The number of hydrogen-bond donors (Lipinski definition) is 0. The molecule has 162 valence electrons. The molecule has 6 fully saturated rings. The Morgan fingerprint density at radius 2 is 1.90 bits per heavy atom. The molecule has 6 rings (SSSR count). The molecular formula is C25H39NO3. The average Bonchev–Trinajstić information content (AvgIpc) is 3.23. The minimum absolute atomic E-state index is 0.0772. The maximum atomic E-state index is 13.0. The lowest BCUT2D eigenvalue weighted by atomic mass is 9.53. The fraction of sp³-hybridized carbons (Fsp3) is 0.960. The van der Waals surface area contributed by atoms with E-state index in [1.807, 2.05) is 0 Å². The first kappa shape index (κ1) is 19.1. The Bertz CT molecular complexity index is 730. The van der Waals surface area contributed by atoms with Gasteiger partial charge in [0.05, 0.1) is 18.1 Å². The van der Waals surface area contributed by atoms with Gasteiger partial charge in [-0.15, -0.1) is 0 Å². The van der Waals surface area contributed by atoms with Crippen LogP contribution in [0.3, 0.4) is 0 Å². The van der Waals surface area contributed by atoms with Gasteiger partial charge in [-0.05, 0) is 73.5 Å². The van der Waals surface area contributed by atoms with E-state index in [0.29, 0.717) is 34.1 Å². The number of carbonyl (C=O) groups is 1. The lowest BCUT2D eigenvalue weighted by molar-refractivity contribution is -0.147. The highest BCUT2D eigenvalue weighted by Gasteiger charge is 2.65. The molecule has 0 unspecified atom stereocenters. The quantitative estimate of drug-likeness (QED) is 0.508. The average molecular weight is 402 g/mol. The molecule has 0 radical (unpaired) electrons. The third kappa shape index (κ3) is 2.87. The molecule has 0 aromatic carbocycles. The van der Waals surface area contributed by atoms with Crippen LogP contribution >= 0.6 is 0 Å². The molecule has 0 aromatic rings. The Morgan fingerprint density at radius 3 is 2.66 bits per heavy atom. The molecule has 1 spiro atoms. The predicted octanol–water partition coefficient (Wildman–Crippen LogP) is 4.41. The van der Waals surface area contributed by atoms with Crippen LogP contribution in [0.2, 0.25) is 0 Å². The lowest BCUT2D eigenvalue weighted by Gasteiger charge is -2.51. The molecule has 29 heavy (non-hydrogen) atoms. The van der Waals surface area contributed by atoms with Gasteiger partial charge in [0.15, 0.2) is 0 Å². The molecule has 8 atom stereocenters. The molecule has 0 amide bonds. The van der Waals surface area contributed by atoms with E-state index in [1.165, 1.54) is 38.5 Å². The van der Waals surface area contributed by atoms with E-state index in [-0.39, 0.29) is 23.6 Å². The third-order valence-corrected chi connectivity index (χ3v) is 10.0. The second-order valence-electron chi connectivity index (χ2n) is 13.2. The summed E-state index contributed by atoms with van der Waals surface area (Å²) in [5.41, 5.74) is 1.30. The number of rotatable bonds is 2. The van der Waals surface area contributed by atoms with E-state index in [9.17, 15) is 4.79 Å². The summed E-state index contributed by atoms with van der Waals surface area (Å²) in [6.45, 7) is 12.8. The first-order chi connectivity index (χ1) is 13.6. The second kappa shape index (κ2) is 5.79. The van der Waals surface area contributed by atoms with Gasteiger partial charge in [0.2, 0.25) is 0 Å². The highest BCUT2D eigenvalue weighted by atomic mass is 16.6. The van der Waals surface area contributed by atoms with Gasteiger partial charge in [0.25, 0.3) is 0 Å². The minimum Gasteiger partial charge on any atom is -0.462 e. The fourth-order valence-corrected chi connectivity index (χ4v) is 9.21. The number of hydrogen-bond acceptors (Lipinski definition) is 4. The summed E-state index contributed by atoms with van der Waals surface area (Å²) in [7, 11) is 0. The van der Waals surface area contributed by atoms with Gasteiger partial charge >= 0.3 is 5.97 Å². The number of epoxide rings is 1. The summed E-state index contributed by atoms with van der Waals surface area (Å²) in [6.07, 6.45) is 10.0. The zero-order chi connectivity index (χ0) is 20.2. The van der Waals surface area contributed by atoms with E-state index in [4.69, 9.17) is 9.47 Å². The van der Waals surface area contributed by atoms with Gasteiger partial charge in [0, 0.05) is 25.0 Å². The van der Waals surface area contributed by atoms with E-state index in [2.05, 4.69) is 32.6 Å². The van der Waals surface area contributed by atoms with Gasteiger partial charge in [-0.3, -0.25) is 9.69 Å². The molecule has 4 heteroatoms. The molecule has 3 aliphatic carbocycles. The topological polar surface area (TPSA) is 42.1 Å². The monoisotopic (exact) mass is 401 g/mol. The van der Waals surface area contributed by atoms with Crippen LogP contribution in [0.4, 0.5) is 0 Å². The van der Waals surface area contributed by atoms with E-state index in [0.717, 1.165) is 32.5 Å². The molecule has 2 bridgehead atoms. The Hall–Kier alpha value is -0.610. The van der Waals surface area contributed by atoms with Crippen molar-refractivity contribution >= 4 is 5.97 Å². The van der Waals surface area contributed by atoms with Crippen molar-refractivity contribution in [2.75, 3.05) is 19.7 Å². The van der Waals surface area contributed by atoms with Crippen LogP contribution in [-0.4, -0.2) is 48.3 Å². The van der Waals surface area contributed by atoms with Crippen LogP contribution in [-0.2, 0) is 14.3 Å². The number of carbonyl (C=O) groups excluding carboxylic acids is 1. The van der Waals surface area contributed by atoms with Crippen molar-refractivity contribution in [2.24, 2.45) is 34.0 Å². The van der Waals surface area contributed by atoms with Crippen LogP contribution in [0.5, 0.6) is 0 Å². The van der Waals surface area contributed by atoms with Crippen LogP contribution in [0.25, 0.3) is 0 Å². The number of fused-ring (bicyclic) bond motifs is 5. The summed E-state index contributed by atoms with van der Waals surface area (Å²) in [5, 5.41) is 0. The van der Waals surface area contributed by atoms with Crippen LogP contribution in [0, 0.1) is 34.0 Å². The summed E-state index contributed by atoms with van der Waals surface area (Å²) >= 11 is 0. The van der Waals surface area contributed by atoms with Gasteiger partial charge in [-0.25, -0.2) is 0 Å². The van der Waals surface area contributed by atoms with Gasteiger partial charge < -0.3 is 9.47 Å². The summed E-state index contributed by atoms with van der Waals surface area (Å²) in [5.74, 6) is 1.20. The minimum atomic E-state index is 0.0772. The van der Waals surface area contributed by atoms with E-state index < -0.39 is 0 Å². The third-order valence-electron chi connectivity index (χ3n) is 10.0. The summed E-state index contributed by atoms with van der Waals surface area (Å²) in [6, 6.07) is 0.650. The first-order valence-electron chi connectivity index (χ1n) is 12.2. The molecule has 4 nitrogen and oxygen atoms in total. The number of nitrogens with zero attached hydrogens (tertiary/aromatic N) is 1. The predicted molar refractivity (Wildman–Crippen MR) is 111 cm³/mol. The maximum absolute atomic E-state index is 13.0. The second-order valence-corrected chi connectivity index (χ2v) is 13.2. The largest absolute Gasteiger partial charge is 0.462 e. The maximum Gasteiger partial charge on any atom is 0.310 e. The van der Waals surface area contributed by atoms with E-state index >= 15 is 0 Å². The smallest absolute Gasteiger partial charge is 0.310 e. The van der Waals surface area contributed by atoms with Crippen molar-refractivity contribution in [1.82, 2.24) is 4.90 Å². The first-order valence-corrected chi connectivity index (χ1v) is 12.2. The highest BCUT2D eigenvalue weighted by molar-refractivity contribution is 5.75. The Morgan fingerprint density at radius 1 is 1.10 bits per heavy atom. The lowest BCUT2D eigenvalue weighted by Crippen LogP contribution is -2.51. The van der Waals surface area contributed by atoms with Gasteiger partial charge in [-0.2, -0.15) is 0 Å². The Labute approximate surface area is 176 Å². The number of esters is 1. The fourth-order valence-electron chi connectivity index (χ4n) is 9.21. The SMILES string of the molecule is CC1(C)C[C@H]2C[C@@](C)(CN2C[C@@H]2C(=O)O[C@@H]3C[C@@]4(C)CCC[C@@]5(CO5)[C@@H]4C[C@H]23)C1. The van der Waals surface area contributed by atoms with Crippen LogP contribution in [0.1, 0.15) is 79.1 Å². The molecule has 6 aliphatic rings. The Balaban J connectivity index is 1.22. The van der Waals surface area contributed by atoms with Crippen molar-refractivity contribution in [1.29, 1.82) is 0 Å². The zero-order valence-corrected chi connectivity index (χ0v) is 18.8. The van der Waals surface area contributed by atoms with Crippen LogP contribution in [0.15, 0.2) is 0 Å². The van der Waals surface area contributed by atoms with Gasteiger partial charge in [-0.1, -0.05) is 27.7 Å². The Kier molecular flexibility index (Phi) is 3.82. The molecule has 3 aliphatic heterocycles. The standard InChI is InChI=1S/C25H39NO3/c1-22(2)9-16-10-23(3,13-22)14-26(16)12-18-17-8-20-24(4,11-19(17)29-21(18)27)6-5-7-25(20)15-28-25/h16-20H,5-15H2,1-4H3/t16-,17+,18-,19+,20+,23+,24+,25+/m0/s1. The van der Waals surface area contributed by atoms with Crippen molar-refractivity contribution in [2.45, 2.75) is 96.8 Å². The van der Waals surface area contributed by atoms with Crippen molar-refractivity contribution < 1.29 is 14.3 Å². The number of likely N-dealkylation sites (tertiary alicyclic amines) is 1. The molecule has 0 N–H and O–H groups in total. The zero-order valence-electron chi connectivity index (χ0n) is 18.8. The summed E-state index contributed by atoms with van der Waals surface area (Å²) < 4.78 is 12.1. The molecule has 3 saturated carbocycles. The highest BCUT2D eigenvalue weighted by Crippen LogP contribution is 2.63.